The third kappa shape index (κ3) is 3.36. The minimum absolute atomic E-state index is 0.178. The van der Waals surface area contributed by atoms with Crippen LogP contribution < -0.4 is 14.8 Å². The van der Waals surface area contributed by atoms with Crippen molar-refractivity contribution in [2.75, 3.05) is 11.9 Å². The number of rotatable bonds is 3. The van der Waals surface area contributed by atoms with Crippen LogP contribution in [0.3, 0.4) is 0 Å². The van der Waals surface area contributed by atoms with Crippen molar-refractivity contribution in [3.05, 3.63) is 79.1 Å². The van der Waals surface area contributed by atoms with Crippen molar-refractivity contribution in [3.63, 3.8) is 0 Å². The summed E-state index contributed by atoms with van der Waals surface area (Å²) in [5.74, 6) is 0.984. The highest BCUT2D eigenvalue weighted by Gasteiger charge is 2.27. The molecule has 1 atom stereocenters. The average Bonchev–Trinajstić information content (AvgIpc) is 2.79. The molecule has 0 radical (unpaired) electrons. The van der Waals surface area contributed by atoms with E-state index >= 15 is 0 Å². The van der Waals surface area contributed by atoms with Gasteiger partial charge < -0.3 is 14.8 Å². The van der Waals surface area contributed by atoms with Crippen molar-refractivity contribution in [2.45, 2.75) is 6.10 Å². The highest BCUT2D eigenvalue weighted by atomic mass is 16.6. The Morgan fingerprint density at radius 1 is 0.897 bits per heavy atom. The molecule has 1 unspecified atom stereocenters. The monoisotopic (exact) mass is 383 g/mol. The number of hydrogen-bond donors (Lipinski definition) is 1. The number of hydrogen-bond acceptors (Lipinski definition) is 5. The smallest absolute Gasteiger partial charge is 0.269 e. The first-order valence-corrected chi connectivity index (χ1v) is 9.27. The van der Waals surface area contributed by atoms with Crippen LogP contribution in [0.25, 0.3) is 22.2 Å². The summed E-state index contributed by atoms with van der Waals surface area (Å²) in [7, 11) is 0. The molecule has 0 aliphatic carbocycles. The summed E-state index contributed by atoms with van der Waals surface area (Å²) in [6, 6.07) is 20.8. The van der Waals surface area contributed by atoms with Gasteiger partial charge >= 0.3 is 0 Å². The van der Waals surface area contributed by atoms with Gasteiger partial charge in [-0.25, -0.2) is 9.97 Å². The number of nitrogens with zero attached hydrogens (tertiary/aromatic N) is 2. The quantitative estimate of drug-likeness (QED) is 0.577. The summed E-state index contributed by atoms with van der Waals surface area (Å²) in [6.07, 6.45) is 2.78. The molecule has 0 saturated heterocycles. The molecule has 5 rings (SSSR count). The van der Waals surface area contributed by atoms with Gasteiger partial charge in [0.05, 0.1) is 0 Å². The third-order valence-electron chi connectivity index (χ3n) is 4.78. The van der Waals surface area contributed by atoms with Gasteiger partial charge in [0, 0.05) is 23.5 Å². The molecule has 6 heteroatoms. The Bertz CT molecular complexity index is 1190. The van der Waals surface area contributed by atoms with E-state index in [9.17, 15) is 4.79 Å². The Morgan fingerprint density at radius 3 is 2.55 bits per heavy atom. The van der Waals surface area contributed by atoms with Gasteiger partial charge in [0.25, 0.3) is 5.91 Å². The fraction of sp³-hybridized carbons (Fsp3) is 0.0870. The predicted molar refractivity (Wildman–Crippen MR) is 110 cm³/mol. The molecule has 0 saturated carbocycles. The molecule has 6 nitrogen and oxygen atoms in total. The van der Waals surface area contributed by atoms with Gasteiger partial charge in [-0.05, 0) is 53.6 Å². The van der Waals surface area contributed by atoms with Crippen LogP contribution in [0, 0.1) is 0 Å². The van der Waals surface area contributed by atoms with Gasteiger partial charge in [0.2, 0.25) is 6.10 Å². The highest BCUT2D eigenvalue weighted by molar-refractivity contribution is 5.96. The Kier molecular flexibility index (Phi) is 4.29. The fourth-order valence-electron chi connectivity index (χ4n) is 3.34. The molecule has 0 fully saturated rings. The molecule has 0 spiro atoms. The van der Waals surface area contributed by atoms with E-state index in [0.29, 0.717) is 22.8 Å². The number of ether oxygens (including phenoxy) is 2. The van der Waals surface area contributed by atoms with Crippen molar-refractivity contribution >= 4 is 22.6 Å². The fourth-order valence-corrected chi connectivity index (χ4v) is 3.34. The van der Waals surface area contributed by atoms with Gasteiger partial charge in [-0.15, -0.1) is 0 Å². The summed E-state index contributed by atoms with van der Waals surface area (Å²) >= 11 is 0. The molecular weight excluding hydrogens is 366 g/mol. The Balaban J connectivity index is 1.33. The number of benzene rings is 2. The van der Waals surface area contributed by atoms with Crippen LogP contribution in [-0.2, 0) is 4.79 Å². The third-order valence-corrected chi connectivity index (χ3v) is 4.78. The summed E-state index contributed by atoms with van der Waals surface area (Å²) in [6.45, 7) is 0.178. The van der Waals surface area contributed by atoms with Crippen molar-refractivity contribution in [3.8, 4) is 22.6 Å². The van der Waals surface area contributed by atoms with Gasteiger partial charge in [-0.3, -0.25) is 4.79 Å². The van der Waals surface area contributed by atoms with E-state index in [2.05, 4.69) is 15.3 Å². The molecule has 4 aromatic rings. The Morgan fingerprint density at radius 2 is 1.69 bits per heavy atom. The van der Waals surface area contributed by atoms with Gasteiger partial charge in [0.15, 0.2) is 17.1 Å². The summed E-state index contributed by atoms with van der Waals surface area (Å²) in [5.41, 5.74) is 3.46. The average molecular weight is 383 g/mol. The first-order valence-electron chi connectivity index (χ1n) is 9.27. The van der Waals surface area contributed by atoms with Crippen LogP contribution in [0.1, 0.15) is 0 Å². The number of amides is 1. The van der Waals surface area contributed by atoms with E-state index < -0.39 is 6.10 Å². The summed E-state index contributed by atoms with van der Waals surface area (Å²) in [4.78, 5) is 21.2. The summed E-state index contributed by atoms with van der Waals surface area (Å²) in [5, 5.41) is 3.87. The number of para-hydroxylation sites is 2. The van der Waals surface area contributed by atoms with E-state index in [1.165, 1.54) is 0 Å². The maximum Gasteiger partial charge on any atom is 0.269 e. The molecule has 2 aromatic carbocycles. The SMILES string of the molecule is O=C(Nc1ccc(-c2ccnc3ncccc23)cc1)C1COc2ccccc2O1. The zero-order chi connectivity index (χ0) is 19.6. The maximum atomic E-state index is 12.6. The first-order chi connectivity index (χ1) is 14.3. The molecule has 1 amide bonds. The number of carbonyl (C=O) groups excluding carboxylic acids is 1. The van der Waals surface area contributed by atoms with Gasteiger partial charge in [0.1, 0.15) is 6.61 Å². The predicted octanol–water partition coefficient (Wildman–Crippen LogP) is 4.08. The second-order valence-electron chi connectivity index (χ2n) is 6.66. The lowest BCUT2D eigenvalue weighted by atomic mass is 10.0. The molecule has 2 aromatic heterocycles. The molecule has 29 heavy (non-hydrogen) atoms. The molecule has 1 aliphatic rings. The minimum Gasteiger partial charge on any atom is -0.485 e. The zero-order valence-electron chi connectivity index (χ0n) is 15.4. The lowest BCUT2D eigenvalue weighted by molar-refractivity contribution is -0.125. The molecule has 0 bridgehead atoms. The van der Waals surface area contributed by atoms with Crippen LogP contribution >= 0.6 is 0 Å². The number of aromatic nitrogens is 2. The molecular formula is C23H17N3O3. The van der Waals surface area contributed by atoms with Crippen LogP contribution in [0.5, 0.6) is 11.5 Å². The van der Waals surface area contributed by atoms with Gasteiger partial charge in [-0.2, -0.15) is 0 Å². The standard InChI is InChI=1S/C23H17N3O3/c27-23(21-14-28-19-5-1-2-6-20(19)29-21)26-16-9-7-15(8-10-16)17-11-13-25-22-18(17)4-3-12-24-22/h1-13,21H,14H2,(H,26,27). The Hall–Kier alpha value is -3.93. The lowest BCUT2D eigenvalue weighted by Gasteiger charge is -2.25. The van der Waals surface area contributed by atoms with Crippen molar-refractivity contribution in [2.24, 2.45) is 0 Å². The maximum absolute atomic E-state index is 12.6. The van der Waals surface area contributed by atoms with E-state index in [1.807, 2.05) is 60.7 Å². The largest absolute Gasteiger partial charge is 0.485 e. The number of fused-ring (bicyclic) bond motifs is 2. The second-order valence-corrected chi connectivity index (χ2v) is 6.66. The van der Waals surface area contributed by atoms with Crippen LogP contribution in [0.2, 0.25) is 0 Å². The minimum atomic E-state index is -0.695. The van der Waals surface area contributed by atoms with E-state index in [4.69, 9.17) is 9.47 Å². The van der Waals surface area contributed by atoms with E-state index in [1.54, 1.807) is 18.5 Å². The Labute approximate surface area is 167 Å². The number of carbonyl (C=O) groups is 1. The van der Waals surface area contributed by atoms with Gasteiger partial charge in [-0.1, -0.05) is 24.3 Å². The van der Waals surface area contributed by atoms with Crippen molar-refractivity contribution < 1.29 is 14.3 Å². The number of anilines is 1. The van der Waals surface area contributed by atoms with Crippen molar-refractivity contribution in [1.29, 1.82) is 0 Å². The molecule has 1 aliphatic heterocycles. The zero-order valence-corrected chi connectivity index (χ0v) is 15.4. The second kappa shape index (κ2) is 7.24. The first kappa shape index (κ1) is 17.2. The molecule has 142 valence electrons. The van der Waals surface area contributed by atoms with Crippen LogP contribution in [0.15, 0.2) is 79.1 Å². The van der Waals surface area contributed by atoms with Crippen LogP contribution in [-0.4, -0.2) is 28.6 Å². The topological polar surface area (TPSA) is 73.3 Å². The number of nitrogens with one attached hydrogen (secondary N) is 1. The normalized spacial score (nSPS) is 15.1. The number of pyridine rings is 2. The summed E-state index contributed by atoms with van der Waals surface area (Å²) < 4.78 is 11.4. The van der Waals surface area contributed by atoms with E-state index in [0.717, 1.165) is 16.5 Å². The lowest BCUT2D eigenvalue weighted by Crippen LogP contribution is -2.40. The van der Waals surface area contributed by atoms with Crippen molar-refractivity contribution in [1.82, 2.24) is 9.97 Å². The highest BCUT2D eigenvalue weighted by Crippen LogP contribution is 2.31. The van der Waals surface area contributed by atoms with E-state index in [-0.39, 0.29) is 12.5 Å². The van der Waals surface area contributed by atoms with Crippen LogP contribution in [0.4, 0.5) is 5.69 Å². The molecule has 3 heterocycles. The molecule has 1 N–H and O–H groups in total.